The fourth-order valence-electron chi connectivity index (χ4n) is 3.00. The van der Waals surface area contributed by atoms with E-state index in [9.17, 15) is 14.7 Å². The van der Waals surface area contributed by atoms with E-state index in [1.54, 1.807) is 6.07 Å². The van der Waals surface area contributed by atoms with Crippen molar-refractivity contribution >= 4 is 17.7 Å². The van der Waals surface area contributed by atoms with Gasteiger partial charge in [0, 0.05) is 5.69 Å². The Morgan fingerprint density at radius 1 is 1.33 bits per heavy atom. The number of nitrogens with one attached hydrogen (secondary N) is 2. The molecule has 0 spiro atoms. The van der Waals surface area contributed by atoms with E-state index in [4.69, 9.17) is 0 Å². The number of rotatable bonds is 3. The van der Waals surface area contributed by atoms with Gasteiger partial charge in [0.25, 0.3) is 0 Å². The van der Waals surface area contributed by atoms with E-state index in [1.807, 2.05) is 32.0 Å². The van der Waals surface area contributed by atoms with E-state index in [-0.39, 0.29) is 0 Å². The molecular formula is C16H22N2O3. The number of aliphatic carboxylic acids is 1. The number of amides is 2. The summed E-state index contributed by atoms with van der Waals surface area (Å²) >= 11 is 0. The summed E-state index contributed by atoms with van der Waals surface area (Å²) in [4.78, 5) is 23.8. The molecule has 114 valence electrons. The molecule has 3 N–H and O–H groups in total. The number of anilines is 1. The fourth-order valence-corrected chi connectivity index (χ4v) is 3.00. The van der Waals surface area contributed by atoms with E-state index in [1.165, 1.54) is 0 Å². The molecule has 0 aromatic heterocycles. The quantitative estimate of drug-likeness (QED) is 0.800. The standard InChI is InChI=1S/C16H22N2O3/c1-11-6-5-9-16(10-11,14(19)20)18-15(21)17-13-8-4-3-7-12(13)2/h3-4,7-8,11H,5-6,9-10H2,1-2H3,(H,19,20)(H2,17,18,21). The minimum absolute atomic E-state index is 0.300. The fraction of sp³-hybridized carbons (Fsp3) is 0.500. The van der Waals surface area contributed by atoms with Crippen molar-refractivity contribution in [2.45, 2.75) is 45.1 Å². The lowest BCUT2D eigenvalue weighted by atomic mass is 9.76. The topological polar surface area (TPSA) is 78.4 Å². The molecule has 5 nitrogen and oxygen atoms in total. The van der Waals surface area contributed by atoms with E-state index >= 15 is 0 Å². The number of para-hydroxylation sites is 1. The van der Waals surface area contributed by atoms with Gasteiger partial charge in [-0.15, -0.1) is 0 Å². The first-order chi connectivity index (χ1) is 9.93. The molecule has 0 radical (unpaired) electrons. The van der Waals surface area contributed by atoms with Gasteiger partial charge in [-0.05, 0) is 37.3 Å². The van der Waals surface area contributed by atoms with Gasteiger partial charge in [0.1, 0.15) is 5.54 Å². The van der Waals surface area contributed by atoms with Crippen LogP contribution in [0.2, 0.25) is 0 Å². The van der Waals surface area contributed by atoms with Crippen molar-refractivity contribution < 1.29 is 14.7 Å². The first-order valence-electron chi connectivity index (χ1n) is 7.31. The Morgan fingerprint density at radius 3 is 2.67 bits per heavy atom. The van der Waals surface area contributed by atoms with Crippen LogP contribution in [0.5, 0.6) is 0 Å². The number of carboxylic acids is 1. The number of urea groups is 1. The predicted molar refractivity (Wildman–Crippen MR) is 81.3 cm³/mol. The highest BCUT2D eigenvalue weighted by Crippen LogP contribution is 2.32. The lowest BCUT2D eigenvalue weighted by molar-refractivity contribution is -0.146. The van der Waals surface area contributed by atoms with Gasteiger partial charge in [-0.1, -0.05) is 38.0 Å². The van der Waals surface area contributed by atoms with Crippen LogP contribution in [0.4, 0.5) is 10.5 Å². The molecule has 1 aromatic rings. The molecule has 1 aliphatic rings. The molecule has 2 unspecified atom stereocenters. The summed E-state index contributed by atoms with van der Waals surface area (Å²) in [6.07, 6.45) is 2.78. The Kier molecular flexibility index (Phi) is 4.50. The van der Waals surface area contributed by atoms with Crippen LogP contribution in [0.25, 0.3) is 0 Å². The maximum absolute atomic E-state index is 12.2. The summed E-state index contributed by atoms with van der Waals surface area (Å²) in [5, 5.41) is 15.0. The van der Waals surface area contributed by atoms with Crippen LogP contribution in [-0.2, 0) is 4.79 Å². The lowest BCUT2D eigenvalue weighted by Gasteiger charge is -2.37. The molecule has 1 saturated carbocycles. The number of benzene rings is 1. The predicted octanol–water partition coefficient (Wildman–Crippen LogP) is 3.15. The van der Waals surface area contributed by atoms with Crippen LogP contribution < -0.4 is 10.6 Å². The minimum atomic E-state index is -1.15. The van der Waals surface area contributed by atoms with Gasteiger partial charge in [-0.25, -0.2) is 9.59 Å². The summed E-state index contributed by atoms with van der Waals surface area (Å²) < 4.78 is 0. The van der Waals surface area contributed by atoms with Crippen molar-refractivity contribution in [1.29, 1.82) is 0 Å². The number of carboxylic acid groups (broad SMARTS) is 1. The van der Waals surface area contributed by atoms with Crippen LogP contribution in [0.1, 0.15) is 38.2 Å². The van der Waals surface area contributed by atoms with Gasteiger partial charge >= 0.3 is 12.0 Å². The van der Waals surface area contributed by atoms with Gasteiger partial charge in [-0.3, -0.25) is 0 Å². The molecule has 5 heteroatoms. The van der Waals surface area contributed by atoms with E-state index < -0.39 is 17.5 Å². The summed E-state index contributed by atoms with van der Waals surface area (Å²) in [6.45, 7) is 3.92. The maximum Gasteiger partial charge on any atom is 0.329 e. The summed E-state index contributed by atoms with van der Waals surface area (Å²) in [7, 11) is 0. The van der Waals surface area contributed by atoms with Crippen molar-refractivity contribution in [2.75, 3.05) is 5.32 Å². The van der Waals surface area contributed by atoms with Crippen molar-refractivity contribution in [3.8, 4) is 0 Å². The van der Waals surface area contributed by atoms with Crippen molar-refractivity contribution in [2.24, 2.45) is 5.92 Å². The second-order valence-corrected chi connectivity index (χ2v) is 5.98. The van der Waals surface area contributed by atoms with Crippen LogP contribution in [0, 0.1) is 12.8 Å². The first kappa shape index (κ1) is 15.4. The molecule has 1 aromatic carbocycles. The molecule has 0 aliphatic heterocycles. The van der Waals surface area contributed by atoms with Crippen molar-refractivity contribution in [3.63, 3.8) is 0 Å². The SMILES string of the molecule is Cc1ccccc1NC(=O)NC1(C(=O)O)CCCC(C)C1. The Balaban J connectivity index is 2.09. The number of hydrogen-bond donors (Lipinski definition) is 3. The second kappa shape index (κ2) is 6.16. The third-order valence-electron chi connectivity index (χ3n) is 4.15. The van der Waals surface area contributed by atoms with E-state index in [0.717, 1.165) is 18.4 Å². The van der Waals surface area contributed by atoms with Gasteiger partial charge in [-0.2, -0.15) is 0 Å². The highest BCUT2D eigenvalue weighted by Gasteiger charge is 2.43. The summed E-state index contributed by atoms with van der Waals surface area (Å²) in [5.41, 5.74) is 0.484. The maximum atomic E-state index is 12.2. The molecule has 0 bridgehead atoms. The normalized spacial score (nSPS) is 25.1. The Morgan fingerprint density at radius 2 is 2.05 bits per heavy atom. The van der Waals surface area contributed by atoms with Crippen molar-refractivity contribution in [1.82, 2.24) is 5.32 Å². The highest BCUT2D eigenvalue weighted by atomic mass is 16.4. The number of carbonyl (C=O) groups is 2. The van der Waals surface area contributed by atoms with Gasteiger partial charge in [0.05, 0.1) is 0 Å². The minimum Gasteiger partial charge on any atom is -0.480 e. The monoisotopic (exact) mass is 290 g/mol. The molecule has 0 heterocycles. The largest absolute Gasteiger partial charge is 0.480 e. The lowest BCUT2D eigenvalue weighted by Crippen LogP contribution is -2.57. The molecule has 2 amide bonds. The molecule has 1 aliphatic carbocycles. The molecule has 0 saturated heterocycles. The average Bonchev–Trinajstić information content (AvgIpc) is 2.41. The van der Waals surface area contributed by atoms with E-state index in [0.29, 0.717) is 24.4 Å². The van der Waals surface area contributed by atoms with Crippen LogP contribution in [0.15, 0.2) is 24.3 Å². The van der Waals surface area contributed by atoms with E-state index in [2.05, 4.69) is 10.6 Å². The second-order valence-electron chi connectivity index (χ2n) is 5.98. The first-order valence-corrected chi connectivity index (χ1v) is 7.31. The Labute approximate surface area is 124 Å². The Hall–Kier alpha value is -2.04. The smallest absolute Gasteiger partial charge is 0.329 e. The zero-order chi connectivity index (χ0) is 15.5. The molecule has 21 heavy (non-hydrogen) atoms. The molecule has 1 fully saturated rings. The average molecular weight is 290 g/mol. The zero-order valence-electron chi connectivity index (χ0n) is 12.5. The van der Waals surface area contributed by atoms with Crippen LogP contribution >= 0.6 is 0 Å². The van der Waals surface area contributed by atoms with Gasteiger partial charge < -0.3 is 15.7 Å². The summed E-state index contributed by atoms with van der Waals surface area (Å²) in [6, 6.07) is 6.95. The zero-order valence-corrected chi connectivity index (χ0v) is 12.5. The molecule has 2 atom stereocenters. The number of carbonyl (C=O) groups excluding carboxylic acids is 1. The van der Waals surface area contributed by atoms with Gasteiger partial charge in [0.15, 0.2) is 0 Å². The van der Waals surface area contributed by atoms with Crippen LogP contribution in [0.3, 0.4) is 0 Å². The van der Waals surface area contributed by atoms with Crippen molar-refractivity contribution in [3.05, 3.63) is 29.8 Å². The molecular weight excluding hydrogens is 268 g/mol. The van der Waals surface area contributed by atoms with Gasteiger partial charge in [0.2, 0.25) is 0 Å². The Bertz CT molecular complexity index is 544. The van der Waals surface area contributed by atoms with Crippen LogP contribution in [-0.4, -0.2) is 22.6 Å². The highest BCUT2D eigenvalue weighted by molar-refractivity contribution is 5.94. The third kappa shape index (κ3) is 3.54. The molecule has 2 rings (SSSR count). The summed E-state index contributed by atoms with van der Waals surface area (Å²) in [5.74, 6) is -0.650. The number of hydrogen-bond acceptors (Lipinski definition) is 2. The third-order valence-corrected chi connectivity index (χ3v) is 4.15. The number of aryl methyl sites for hydroxylation is 1.